The zero-order valence-electron chi connectivity index (χ0n) is 11.6. The number of nitrogens with one attached hydrogen (secondary N) is 1. The van der Waals surface area contributed by atoms with Crippen molar-refractivity contribution in [2.45, 2.75) is 64.8 Å². The molecule has 0 unspecified atom stereocenters. The number of hydrogen-bond acceptors (Lipinski definition) is 2. The van der Waals surface area contributed by atoms with Crippen LogP contribution in [0.4, 0.5) is 0 Å². The van der Waals surface area contributed by atoms with Gasteiger partial charge in [0.25, 0.3) is 0 Å². The lowest BCUT2D eigenvalue weighted by Gasteiger charge is -2.12. The van der Waals surface area contributed by atoms with Crippen molar-refractivity contribution in [1.82, 2.24) is 5.32 Å². The fourth-order valence-corrected chi connectivity index (χ4v) is 2.42. The first-order chi connectivity index (χ1) is 8.74. The Labute approximate surface area is 111 Å². The average molecular weight is 247 g/mol. The molecule has 2 rings (SSSR count). The van der Waals surface area contributed by atoms with Gasteiger partial charge in [-0.05, 0) is 24.0 Å². The van der Waals surface area contributed by atoms with E-state index in [2.05, 4.69) is 43.4 Å². The van der Waals surface area contributed by atoms with E-state index in [0.29, 0.717) is 12.1 Å². The summed E-state index contributed by atoms with van der Waals surface area (Å²) >= 11 is 0. The van der Waals surface area contributed by atoms with Crippen LogP contribution in [0.15, 0.2) is 24.3 Å². The van der Waals surface area contributed by atoms with Crippen molar-refractivity contribution >= 4 is 0 Å². The van der Waals surface area contributed by atoms with Crippen molar-refractivity contribution in [3.05, 3.63) is 35.4 Å². The molecule has 100 valence electrons. The highest BCUT2D eigenvalue weighted by atomic mass is 16.5. The minimum absolute atomic E-state index is 0.502. The molecule has 0 aromatic heterocycles. The first-order valence-corrected chi connectivity index (χ1v) is 7.17. The van der Waals surface area contributed by atoms with E-state index in [1.807, 2.05) is 0 Å². The number of rotatable bonds is 6. The first-order valence-electron chi connectivity index (χ1n) is 7.17. The molecular formula is C16H25NO. The molecule has 1 N–H and O–H groups in total. The Hall–Kier alpha value is -0.860. The molecule has 0 aliphatic heterocycles. The van der Waals surface area contributed by atoms with E-state index in [0.717, 1.165) is 13.2 Å². The normalized spacial score (nSPS) is 16.6. The summed E-state index contributed by atoms with van der Waals surface area (Å²) in [5.74, 6) is 0. The first kappa shape index (κ1) is 13.6. The van der Waals surface area contributed by atoms with Crippen LogP contribution in [0.5, 0.6) is 0 Å². The molecule has 0 bridgehead atoms. The zero-order valence-corrected chi connectivity index (χ0v) is 11.6. The Bertz CT molecular complexity index is 356. The van der Waals surface area contributed by atoms with Gasteiger partial charge in [-0.3, -0.25) is 0 Å². The summed E-state index contributed by atoms with van der Waals surface area (Å²) in [5.41, 5.74) is 2.64. The molecule has 0 saturated heterocycles. The molecule has 0 spiro atoms. The highest BCUT2D eigenvalue weighted by Crippen LogP contribution is 2.22. The molecule has 0 amide bonds. The van der Waals surface area contributed by atoms with Crippen LogP contribution in [0, 0.1) is 0 Å². The second-order valence-corrected chi connectivity index (χ2v) is 5.57. The fraction of sp³-hybridized carbons (Fsp3) is 0.625. The lowest BCUT2D eigenvalue weighted by molar-refractivity contribution is 0.0456. The minimum Gasteiger partial charge on any atom is -0.374 e. The van der Waals surface area contributed by atoms with E-state index in [-0.39, 0.29) is 0 Å². The average Bonchev–Trinajstić information content (AvgIpc) is 2.87. The maximum Gasteiger partial charge on any atom is 0.0720 e. The molecule has 2 heteroatoms. The Kier molecular flexibility index (Phi) is 5.21. The molecule has 1 aliphatic carbocycles. The predicted molar refractivity (Wildman–Crippen MR) is 75.5 cm³/mol. The van der Waals surface area contributed by atoms with Gasteiger partial charge >= 0.3 is 0 Å². The van der Waals surface area contributed by atoms with Crippen molar-refractivity contribution in [3.63, 3.8) is 0 Å². The van der Waals surface area contributed by atoms with Gasteiger partial charge in [-0.1, -0.05) is 51.0 Å². The molecule has 0 radical (unpaired) electrons. The highest BCUT2D eigenvalue weighted by molar-refractivity contribution is 5.22. The van der Waals surface area contributed by atoms with Crippen LogP contribution in [-0.2, 0) is 17.9 Å². The number of ether oxygens (including phenoxy) is 1. The van der Waals surface area contributed by atoms with Crippen LogP contribution < -0.4 is 5.32 Å². The van der Waals surface area contributed by atoms with Crippen LogP contribution in [0.1, 0.15) is 50.7 Å². The third-order valence-electron chi connectivity index (χ3n) is 3.49. The lowest BCUT2D eigenvalue weighted by Crippen LogP contribution is -2.21. The van der Waals surface area contributed by atoms with E-state index in [9.17, 15) is 0 Å². The van der Waals surface area contributed by atoms with Gasteiger partial charge in [0.2, 0.25) is 0 Å². The van der Waals surface area contributed by atoms with Crippen LogP contribution >= 0.6 is 0 Å². The van der Waals surface area contributed by atoms with Gasteiger partial charge in [0, 0.05) is 12.6 Å². The molecular weight excluding hydrogens is 222 g/mol. The fourth-order valence-electron chi connectivity index (χ4n) is 2.42. The third kappa shape index (κ3) is 4.43. The molecule has 0 heterocycles. The molecule has 1 fully saturated rings. The zero-order chi connectivity index (χ0) is 12.8. The van der Waals surface area contributed by atoms with Gasteiger partial charge in [-0.25, -0.2) is 0 Å². The van der Waals surface area contributed by atoms with Crippen LogP contribution in [0.2, 0.25) is 0 Å². The number of hydrogen-bond donors (Lipinski definition) is 1. The summed E-state index contributed by atoms with van der Waals surface area (Å²) in [6.07, 6.45) is 5.66. The van der Waals surface area contributed by atoms with Crippen molar-refractivity contribution in [2.75, 3.05) is 0 Å². The predicted octanol–water partition coefficient (Wildman–Crippen LogP) is 3.64. The maximum atomic E-state index is 5.95. The smallest absolute Gasteiger partial charge is 0.0720 e. The molecule has 18 heavy (non-hydrogen) atoms. The van der Waals surface area contributed by atoms with Crippen molar-refractivity contribution < 1.29 is 4.74 Å². The van der Waals surface area contributed by atoms with Gasteiger partial charge in [-0.2, -0.15) is 0 Å². The van der Waals surface area contributed by atoms with Gasteiger partial charge in [-0.15, -0.1) is 0 Å². The highest BCUT2D eigenvalue weighted by Gasteiger charge is 2.15. The van der Waals surface area contributed by atoms with E-state index in [1.54, 1.807) is 0 Å². The van der Waals surface area contributed by atoms with E-state index >= 15 is 0 Å². The monoisotopic (exact) mass is 247 g/mol. The summed E-state index contributed by atoms with van der Waals surface area (Å²) < 4.78 is 5.95. The second-order valence-electron chi connectivity index (χ2n) is 5.57. The van der Waals surface area contributed by atoms with Crippen LogP contribution in [0.25, 0.3) is 0 Å². The summed E-state index contributed by atoms with van der Waals surface area (Å²) in [5, 5.41) is 3.45. The summed E-state index contributed by atoms with van der Waals surface area (Å²) in [7, 11) is 0. The SMILES string of the molecule is CC(C)NCc1cccc(COC2CCCC2)c1. The van der Waals surface area contributed by atoms with Crippen molar-refractivity contribution in [1.29, 1.82) is 0 Å². The molecule has 1 aromatic carbocycles. The van der Waals surface area contributed by atoms with E-state index < -0.39 is 0 Å². The topological polar surface area (TPSA) is 21.3 Å². The summed E-state index contributed by atoms with van der Waals surface area (Å²) in [4.78, 5) is 0. The maximum absolute atomic E-state index is 5.95. The Morgan fingerprint density at radius 2 is 1.94 bits per heavy atom. The quantitative estimate of drug-likeness (QED) is 0.828. The van der Waals surface area contributed by atoms with Gasteiger partial charge in [0.15, 0.2) is 0 Å². The van der Waals surface area contributed by atoms with Crippen LogP contribution in [-0.4, -0.2) is 12.1 Å². The molecule has 1 aromatic rings. The van der Waals surface area contributed by atoms with E-state index in [1.165, 1.54) is 36.8 Å². The Balaban J connectivity index is 1.82. The Morgan fingerprint density at radius 3 is 2.67 bits per heavy atom. The molecule has 0 atom stereocenters. The van der Waals surface area contributed by atoms with E-state index in [4.69, 9.17) is 4.74 Å². The van der Waals surface area contributed by atoms with Crippen molar-refractivity contribution in [2.24, 2.45) is 0 Å². The Morgan fingerprint density at radius 1 is 1.22 bits per heavy atom. The van der Waals surface area contributed by atoms with Gasteiger partial charge < -0.3 is 10.1 Å². The van der Waals surface area contributed by atoms with Gasteiger partial charge in [0.1, 0.15) is 0 Å². The minimum atomic E-state index is 0.502. The lowest BCUT2D eigenvalue weighted by atomic mass is 10.1. The largest absolute Gasteiger partial charge is 0.374 e. The molecule has 1 aliphatic rings. The second kappa shape index (κ2) is 6.91. The van der Waals surface area contributed by atoms with Gasteiger partial charge in [0.05, 0.1) is 12.7 Å². The summed E-state index contributed by atoms with van der Waals surface area (Å²) in [6, 6.07) is 9.25. The number of benzene rings is 1. The summed E-state index contributed by atoms with van der Waals surface area (Å²) in [6.45, 7) is 6.05. The van der Waals surface area contributed by atoms with Crippen molar-refractivity contribution in [3.8, 4) is 0 Å². The molecule has 1 saturated carbocycles. The third-order valence-corrected chi connectivity index (χ3v) is 3.49. The molecule has 2 nitrogen and oxygen atoms in total. The standard InChI is InChI=1S/C16H25NO/c1-13(2)17-11-14-6-5-7-15(10-14)12-18-16-8-3-4-9-16/h5-7,10,13,16-17H,3-4,8-9,11-12H2,1-2H3. The van der Waals surface area contributed by atoms with Crippen LogP contribution in [0.3, 0.4) is 0 Å².